The van der Waals surface area contributed by atoms with Gasteiger partial charge in [0.1, 0.15) is 7.05 Å². The molecule has 3 rings (SSSR count). The quantitative estimate of drug-likeness (QED) is 0.614. The molecule has 26 heavy (non-hydrogen) atoms. The zero-order valence-corrected chi connectivity index (χ0v) is 15.7. The van der Waals surface area contributed by atoms with Crippen LogP contribution in [0.2, 0.25) is 0 Å². The van der Waals surface area contributed by atoms with Crippen LogP contribution in [0.15, 0.2) is 30.4 Å². The fraction of sp³-hybridized carbons (Fsp3) is 0.400. The second-order valence-electron chi connectivity index (χ2n) is 7.52. The number of nitrogens with zero attached hydrogens (tertiary/aromatic N) is 2. The third kappa shape index (κ3) is 2.85. The van der Waals surface area contributed by atoms with Crippen molar-refractivity contribution in [2.24, 2.45) is 5.92 Å². The lowest BCUT2D eigenvalue weighted by Gasteiger charge is -2.20. The van der Waals surface area contributed by atoms with Crippen molar-refractivity contribution in [2.75, 3.05) is 7.05 Å². The fourth-order valence-corrected chi connectivity index (χ4v) is 4.06. The standard InChI is InChI=1S/C20H23N2O4/c1-12(2)19-20(3,4)14-10-13(6-7-15(14)21(19)5)11-18(25)26-22-16(23)8-9-17(22)24/h6-10,12H,11H2,1-5H3/q+1. The number of hydrogen-bond donors (Lipinski definition) is 0. The molecule has 6 nitrogen and oxygen atoms in total. The Morgan fingerprint density at radius 1 is 1.19 bits per heavy atom. The minimum Gasteiger partial charge on any atom is -0.329 e. The molecule has 2 aliphatic heterocycles. The predicted octanol–water partition coefficient (Wildman–Crippen LogP) is 2.27. The Kier molecular flexibility index (Phi) is 4.30. The molecule has 6 heteroatoms. The zero-order valence-electron chi connectivity index (χ0n) is 15.7. The summed E-state index contributed by atoms with van der Waals surface area (Å²) in [4.78, 5) is 40.0. The van der Waals surface area contributed by atoms with E-state index in [1.165, 1.54) is 5.71 Å². The molecule has 1 aromatic rings. The molecule has 0 spiro atoms. The number of carbonyl (C=O) groups is 3. The summed E-state index contributed by atoms with van der Waals surface area (Å²) in [6, 6.07) is 5.89. The van der Waals surface area contributed by atoms with Crippen LogP contribution in [0.25, 0.3) is 0 Å². The van der Waals surface area contributed by atoms with Crippen molar-refractivity contribution in [1.82, 2.24) is 5.06 Å². The van der Waals surface area contributed by atoms with E-state index in [1.807, 2.05) is 18.2 Å². The number of fused-ring (bicyclic) bond motifs is 1. The molecule has 0 N–H and O–H groups in total. The van der Waals surface area contributed by atoms with Gasteiger partial charge in [-0.05, 0) is 25.5 Å². The van der Waals surface area contributed by atoms with Crippen LogP contribution in [0.5, 0.6) is 0 Å². The zero-order chi connectivity index (χ0) is 19.2. The Bertz CT molecular complexity index is 860. The maximum Gasteiger partial charge on any atom is 0.337 e. The fourth-order valence-electron chi connectivity index (χ4n) is 4.06. The Labute approximate surface area is 152 Å². The van der Waals surface area contributed by atoms with Crippen molar-refractivity contribution in [1.29, 1.82) is 0 Å². The van der Waals surface area contributed by atoms with Gasteiger partial charge in [-0.2, -0.15) is 0 Å². The van der Waals surface area contributed by atoms with Crippen LogP contribution in [0, 0.1) is 5.92 Å². The third-order valence-corrected chi connectivity index (χ3v) is 4.95. The van der Waals surface area contributed by atoms with Crippen molar-refractivity contribution in [3.63, 3.8) is 0 Å². The number of imide groups is 1. The molecule has 0 unspecified atom stereocenters. The van der Waals surface area contributed by atoms with Gasteiger partial charge in [-0.25, -0.2) is 9.37 Å². The van der Waals surface area contributed by atoms with Gasteiger partial charge < -0.3 is 4.84 Å². The van der Waals surface area contributed by atoms with Crippen molar-refractivity contribution in [2.45, 2.75) is 39.5 Å². The summed E-state index contributed by atoms with van der Waals surface area (Å²) in [6.45, 7) is 8.71. The summed E-state index contributed by atoms with van der Waals surface area (Å²) in [7, 11) is 2.06. The van der Waals surface area contributed by atoms with E-state index in [-0.39, 0.29) is 11.8 Å². The van der Waals surface area contributed by atoms with Crippen molar-refractivity contribution in [3.8, 4) is 0 Å². The van der Waals surface area contributed by atoms with Gasteiger partial charge in [-0.1, -0.05) is 25.0 Å². The average Bonchev–Trinajstić information content (AvgIpc) is 2.95. The maximum absolute atomic E-state index is 12.1. The summed E-state index contributed by atoms with van der Waals surface area (Å²) in [5.41, 5.74) is 4.26. The SMILES string of the molecule is CC(C)C1=[N+](C)c2ccc(CC(=O)ON3C(=O)C=CC3=O)cc2C1(C)C. The number of carbonyl (C=O) groups excluding carboxylic acids is 3. The van der Waals surface area contributed by atoms with E-state index in [4.69, 9.17) is 4.84 Å². The molecule has 0 saturated carbocycles. The largest absolute Gasteiger partial charge is 0.337 e. The highest BCUT2D eigenvalue weighted by Gasteiger charge is 2.45. The monoisotopic (exact) mass is 355 g/mol. The number of amides is 2. The molecule has 2 aliphatic rings. The number of hydrogen-bond acceptors (Lipinski definition) is 4. The van der Waals surface area contributed by atoms with E-state index in [0.717, 1.165) is 29.0 Å². The lowest BCUT2D eigenvalue weighted by molar-refractivity contribution is -0.405. The minimum absolute atomic E-state index is 0.0128. The molecule has 1 aromatic carbocycles. The summed E-state index contributed by atoms with van der Waals surface area (Å²) < 4.78 is 2.22. The Morgan fingerprint density at radius 2 is 1.81 bits per heavy atom. The Morgan fingerprint density at radius 3 is 2.38 bits per heavy atom. The molecule has 0 aliphatic carbocycles. The van der Waals surface area contributed by atoms with E-state index in [0.29, 0.717) is 11.0 Å². The number of benzene rings is 1. The maximum atomic E-state index is 12.1. The van der Waals surface area contributed by atoms with Crippen molar-refractivity contribution >= 4 is 29.2 Å². The van der Waals surface area contributed by atoms with E-state index >= 15 is 0 Å². The summed E-state index contributed by atoms with van der Waals surface area (Å²) >= 11 is 0. The van der Waals surface area contributed by atoms with Gasteiger partial charge in [-0.15, -0.1) is 0 Å². The first-order valence-corrected chi connectivity index (χ1v) is 8.64. The van der Waals surface area contributed by atoms with Crippen LogP contribution in [0.4, 0.5) is 5.69 Å². The summed E-state index contributed by atoms with van der Waals surface area (Å²) in [5.74, 6) is -1.53. The molecule has 136 valence electrons. The average molecular weight is 355 g/mol. The third-order valence-electron chi connectivity index (χ3n) is 4.95. The highest BCUT2D eigenvalue weighted by Crippen LogP contribution is 2.41. The topological polar surface area (TPSA) is 66.7 Å². The van der Waals surface area contributed by atoms with Gasteiger partial charge >= 0.3 is 5.97 Å². The Balaban J connectivity index is 1.80. The molecular formula is C20H23N2O4+. The minimum atomic E-state index is -0.646. The van der Waals surface area contributed by atoms with Crippen molar-refractivity contribution in [3.05, 3.63) is 41.5 Å². The second kappa shape index (κ2) is 6.20. The molecule has 0 atom stereocenters. The smallest absolute Gasteiger partial charge is 0.329 e. The highest BCUT2D eigenvalue weighted by atomic mass is 16.7. The van der Waals surface area contributed by atoms with Gasteiger partial charge in [0, 0.05) is 29.7 Å². The van der Waals surface area contributed by atoms with E-state index in [2.05, 4.69) is 39.3 Å². The molecular weight excluding hydrogens is 332 g/mol. The molecule has 0 aromatic heterocycles. The van der Waals surface area contributed by atoms with E-state index in [9.17, 15) is 14.4 Å². The van der Waals surface area contributed by atoms with Crippen LogP contribution in [0.1, 0.15) is 38.8 Å². The van der Waals surface area contributed by atoms with Gasteiger partial charge in [0.15, 0.2) is 5.71 Å². The van der Waals surface area contributed by atoms with E-state index < -0.39 is 17.8 Å². The first-order valence-electron chi connectivity index (χ1n) is 8.64. The van der Waals surface area contributed by atoms with Crippen LogP contribution >= 0.6 is 0 Å². The highest BCUT2D eigenvalue weighted by molar-refractivity contribution is 6.12. The van der Waals surface area contributed by atoms with Gasteiger partial charge in [0.2, 0.25) is 5.69 Å². The molecule has 0 radical (unpaired) electrons. The lowest BCUT2D eigenvalue weighted by atomic mass is 9.77. The first kappa shape index (κ1) is 18.0. The molecule has 0 bridgehead atoms. The normalized spacial score (nSPS) is 18.2. The lowest BCUT2D eigenvalue weighted by Crippen LogP contribution is -2.33. The molecule has 2 heterocycles. The van der Waals surface area contributed by atoms with Crippen LogP contribution in [0.3, 0.4) is 0 Å². The van der Waals surface area contributed by atoms with Crippen LogP contribution < -0.4 is 0 Å². The molecule has 0 saturated heterocycles. The predicted molar refractivity (Wildman–Crippen MR) is 95.9 cm³/mol. The second-order valence-corrected chi connectivity index (χ2v) is 7.52. The van der Waals surface area contributed by atoms with Gasteiger partial charge in [-0.3, -0.25) is 9.59 Å². The van der Waals surface area contributed by atoms with Gasteiger partial charge in [0.25, 0.3) is 11.8 Å². The number of rotatable bonds is 4. The summed E-state index contributed by atoms with van der Waals surface area (Å²) in [5, 5.41) is 0.484. The van der Waals surface area contributed by atoms with E-state index in [1.54, 1.807) is 0 Å². The molecule has 0 fully saturated rings. The van der Waals surface area contributed by atoms with Crippen LogP contribution in [-0.2, 0) is 31.1 Å². The molecule has 2 amide bonds. The number of hydroxylamine groups is 2. The van der Waals surface area contributed by atoms with Gasteiger partial charge in [0.05, 0.1) is 11.8 Å². The van der Waals surface area contributed by atoms with Crippen molar-refractivity contribution < 1.29 is 23.8 Å². The first-order chi connectivity index (χ1) is 12.1. The Hall–Kier alpha value is -2.76. The van der Waals surface area contributed by atoms with Crippen LogP contribution in [-0.4, -0.2) is 40.2 Å². The summed E-state index contributed by atoms with van der Waals surface area (Å²) in [6.07, 6.45) is 2.14.